The highest BCUT2D eigenvalue weighted by Gasteiger charge is 2.31. The Morgan fingerprint density at radius 1 is 1.41 bits per heavy atom. The van der Waals surface area contributed by atoms with Crippen LogP contribution < -0.4 is 10.1 Å². The maximum absolute atomic E-state index is 12.2. The van der Waals surface area contributed by atoms with E-state index in [2.05, 4.69) is 5.32 Å². The number of amides is 1. The van der Waals surface area contributed by atoms with Gasteiger partial charge in [0, 0.05) is 19.9 Å². The number of benzene rings is 1. The maximum atomic E-state index is 12.2. The summed E-state index contributed by atoms with van der Waals surface area (Å²) >= 11 is 6.19. The molecule has 1 aromatic rings. The number of carbonyl (C=O) groups excluding carboxylic acids is 1. The van der Waals surface area contributed by atoms with Gasteiger partial charge in [-0.15, -0.1) is 0 Å². The predicted molar refractivity (Wildman–Crippen MR) is 87.8 cm³/mol. The molecule has 0 aliphatic carbocycles. The van der Waals surface area contributed by atoms with Crippen LogP contribution in [0, 0.1) is 0 Å². The van der Waals surface area contributed by atoms with Crippen molar-refractivity contribution >= 4 is 23.2 Å². The highest BCUT2D eigenvalue weighted by atomic mass is 35.5. The van der Waals surface area contributed by atoms with E-state index in [4.69, 9.17) is 25.8 Å². The summed E-state index contributed by atoms with van der Waals surface area (Å²) in [7, 11) is 3.13. The lowest BCUT2D eigenvalue weighted by Crippen LogP contribution is -2.41. The molecule has 0 bridgehead atoms. The zero-order chi connectivity index (χ0) is 16.8. The van der Waals surface area contributed by atoms with E-state index in [0.717, 1.165) is 0 Å². The lowest BCUT2D eigenvalue weighted by molar-refractivity contribution is -0.136. The summed E-state index contributed by atoms with van der Waals surface area (Å²) in [4.78, 5) is 12.2. The van der Waals surface area contributed by atoms with Gasteiger partial charge in [-0.1, -0.05) is 18.5 Å². The SMILES string of the molecule is CC[C@](C)(OC)C(=O)Nc1ccc(O[C@H](C)COC)c(Cl)c1. The summed E-state index contributed by atoms with van der Waals surface area (Å²) in [5, 5.41) is 3.23. The molecule has 124 valence electrons. The second kappa shape index (κ2) is 8.36. The summed E-state index contributed by atoms with van der Waals surface area (Å²) in [5.74, 6) is 0.337. The first-order chi connectivity index (χ1) is 10.4. The summed E-state index contributed by atoms with van der Waals surface area (Å²) in [6, 6.07) is 5.12. The molecule has 0 aliphatic heterocycles. The molecule has 0 saturated carbocycles. The topological polar surface area (TPSA) is 56.8 Å². The third kappa shape index (κ3) is 4.87. The molecule has 1 aromatic carbocycles. The minimum atomic E-state index is -0.866. The van der Waals surface area contributed by atoms with Crippen molar-refractivity contribution in [3.63, 3.8) is 0 Å². The quantitative estimate of drug-likeness (QED) is 0.793. The van der Waals surface area contributed by atoms with Crippen molar-refractivity contribution in [1.29, 1.82) is 0 Å². The van der Waals surface area contributed by atoms with Crippen LogP contribution in [0.25, 0.3) is 0 Å². The molecule has 0 fully saturated rings. The summed E-state index contributed by atoms with van der Waals surface area (Å²) in [6.45, 7) is 6.00. The Labute approximate surface area is 136 Å². The average Bonchev–Trinajstić information content (AvgIpc) is 2.49. The number of nitrogens with one attached hydrogen (secondary N) is 1. The number of hydrogen-bond donors (Lipinski definition) is 1. The van der Waals surface area contributed by atoms with E-state index < -0.39 is 5.60 Å². The molecule has 0 radical (unpaired) electrons. The molecule has 1 N–H and O–H groups in total. The van der Waals surface area contributed by atoms with Crippen LogP contribution in [-0.4, -0.2) is 38.4 Å². The van der Waals surface area contributed by atoms with Gasteiger partial charge in [-0.25, -0.2) is 0 Å². The maximum Gasteiger partial charge on any atom is 0.256 e. The zero-order valence-electron chi connectivity index (χ0n) is 13.7. The minimum Gasteiger partial charge on any atom is -0.487 e. The van der Waals surface area contributed by atoms with Gasteiger partial charge in [-0.2, -0.15) is 0 Å². The molecule has 0 unspecified atom stereocenters. The average molecular weight is 330 g/mol. The van der Waals surface area contributed by atoms with Gasteiger partial charge in [0.1, 0.15) is 17.5 Å². The molecule has 0 heterocycles. The molecular weight excluding hydrogens is 306 g/mol. The fourth-order valence-corrected chi connectivity index (χ4v) is 2.05. The molecule has 0 spiro atoms. The third-order valence-electron chi connectivity index (χ3n) is 3.52. The molecule has 1 amide bonds. The molecule has 0 aliphatic rings. The van der Waals surface area contributed by atoms with Crippen LogP contribution in [0.15, 0.2) is 18.2 Å². The van der Waals surface area contributed by atoms with Crippen LogP contribution in [0.1, 0.15) is 27.2 Å². The first-order valence-electron chi connectivity index (χ1n) is 7.18. The van der Waals surface area contributed by atoms with Gasteiger partial charge in [0.15, 0.2) is 0 Å². The second-order valence-electron chi connectivity index (χ2n) is 5.27. The van der Waals surface area contributed by atoms with Crippen LogP contribution in [0.4, 0.5) is 5.69 Å². The minimum absolute atomic E-state index is 0.111. The Bertz CT molecular complexity index is 503. The molecule has 1 rings (SSSR count). The van der Waals surface area contributed by atoms with Gasteiger partial charge < -0.3 is 19.5 Å². The standard InChI is InChI=1S/C16H24ClNO4/c1-6-16(3,21-5)15(19)18-12-7-8-14(13(17)9-12)22-11(2)10-20-4/h7-9,11H,6,10H2,1-5H3,(H,18,19)/t11-,16+/m1/s1. The largest absolute Gasteiger partial charge is 0.487 e. The van der Waals surface area contributed by atoms with Crippen molar-refractivity contribution in [1.82, 2.24) is 0 Å². The van der Waals surface area contributed by atoms with E-state index in [0.29, 0.717) is 29.5 Å². The van der Waals surface area contributed by atoms with Crippen LogP contribution in [0.2, 0.25) is 5.02 Å². The summed E-state index contributed by atoms with van der Waals surface area (Å²) in [6.07, 6.45) is 0.457. The second-order valence-corrected chi connectivity index (χ2v) is 5.68. The summed E-state index contributed by atoms with van der Waals surface area (Å²) < 4.78 is 15.9. The van der Waals surface area contributed by atoms with Gasteiger partial charge >= 0.3 is 0 Å². The smallest absolute Gasteiger partial charge is 0.256 e. The number of ether oxygens (including phenoxy) is 3. The Morgan fingerprint density at radius 2 is 2.09 bits per heavy atom. The van der Waals surface area contributed by atoms with E-state index >= 15 is 0 Å². The zero-order valence-corrected chi connectivity index (χ0v) is 14.5. The number of hydrogen-bond acceptors (Lipinski definition) is 4. The fraction of sp³-hybridized carbons (Fsp3) is 0.562. The lowest BCUT2D eigenvalue weighted by atomic mass is 10.0. The molecule has 6 heteroatoms. The highest BCUT2D eigenvalue weighted by molar-refractivity contribution is 6.32. The fourth-order valence-electron chi connectivity index (χ4n) is 1.82. The van der Waals surface area contributed by atoms with Crippen molar-refractivity contribution in [2.45, 2.75) is 38.9 Å². The number of rotatable bonds is 8. The van der Waals surface area contributed by atoms with Crippen molar-refractivity contribution in [3.8, 4) is 5.75 Å². The van der Waals surface area contributed by atoms with Gasteiger partial charge in [0.05, 0.1) is 11.6 Å². The Balaban J connectivity index is 2.79. The normalized spacial score (nSPS) is 15.0. The molecule has 5 nitrogen and oxygen atoms in total. The number of halogens is 1. The Kier molecular flexibility index (Phi) is 7.13. The Morgan fingerprint density at radius 3 is 2.59 bits per heavy atom. The molecule has 0 saturated heterocycles. The van der Waals surface area contributed by atoms with Crippen LogP contribution in [-0.2, 0) is 14.3 Å². The van der Waals surface area contributed by atoms with E-state index in [9.17, 15) is 4.79 Å². The first-order valence-corrected chi connectivity index (χ1v) is 7.55. The lowest BCUT2D eigenvalue weighted by Gasteiger charge is -2.25. The van der Waals surface area contributed by atoms with E-state index in [1.54, 1.807) is 32.2 Å². The van der Waals surface area contributed by atoms with Gasteiger partial charge in [0.25, 0.3) is 5.91 Å². The van der Waals surface area contributed by atoms with E-state index in [1.165, 1.54) is 7.11 Å². The first kappa shape index (κ1) is 18.7. The third-order valence-corrected chi connectivity index (χ3v) is 3.82. The van der Waals surface area contributed by atoms with Gasteiger partial charge in [-0.3, -0.25) is 4.79 Å². The number of carbonyl (C=O) groups is 1. The Hall–Kier alpha value is -1.30. The summed E-state index contributed by atoms with van der Waals surface area (Å²) in [5.41, 5.74) is -0.271. The van der Waals surface area contributed by atoms with Gasteiger partial charge in [-0.05, 0) is 38.5 Å². The van der Waals surface area contributed by atoms with E-state index in [1.807, 2.05) is 13.8 Å². The van der Waals surface area contributed by atoms with Crippen molar-refractivity contribution in [3.05, 3.63) is 23.2 Å². The van der Waals surface area contributed by atoms with E-state index in [-0.39, 0.29) is 12.0 Å². The molecule has 0 aromatic heterocycles. The molecule has 22 heavy (non-hydrogen) atoms. The van der Waals surface area contributed by atoms with Crippen molar-refractivity contribution in [2.24, 2.45) is 0 Å². The predicted octanol–water partition coefficient (Wildman–Crippen LogP) is 3.51. The highest BCUT2D eigenvalue weighted by Crippen LogP contribution is 2.29. The van der Waals surface area contributed by atoms with Gasteiger partial charge in [0.2, 0.25) is 0 Å². The van der Waals surface area contributed by atoms with Crippen LogP contribution in [0.3, 0.4) is 0 Å². The number of methoxy groups -OCH3 is 2. The van der Waals surface area contributed by atoms with Crippen LogP contribution >= 0.6 is 11.6 Å². The molecule has 2 atom stereocenters. The van der Waals surface area contributed by atoms with Crippen molar-refractivity contribution < 1.29 is 19.0 Å². The number of anilines is 1. The van der Waals surface area contributed by atoms with Crippen molar-refractivity contribution in [2.75, 3.05) is 26.1 Å². The molecular formula is C16H24ClNO4. The monoisotopic (exact) mass is 329 g/mol. The van der Waals surface area contributed by atoms with Crippen LogP contribution in [0.5, 0.6) is 5.75 Å².